The smallest absolute Gasteiger partial charge is 0.253 e. The summed E-state index contributed by atoms with van der Waals surface area (Å²) in [6, 6.07) is 6.15. The maximum Gasteiger partial charge on any atom is 0.253 e. The van der Waals surface area contributed by atoms with E-state index in [4.69, 9.17) is 11.5 Å². The number of nitrogens with zero attached hydrogens (tertiary/aromatic N) is 3. The normalized spacial score (nSPS) is 10.5. The number of guanidine groups is 1. The van der Waals surface area contributed by atoms with E-state index in [9.17, 15) is 0 Å². The predicted octanol–water partition coefficient (Wildman–Crippen LogP) is 1.41. The maximum atomic E-state index is 5.32. The molecule has 0 fully saturated rings. The number of fused-ring (bicyclic) bond motifs is 1. The Labute approximate surface area is 99.6 Å². The number of aliphatic imine (C=N–C) groups is 1. The van der Waals surface area contributed by atoms with Gasteiger partial charge in [0.25, 0.3) is 5.95 Å². The van der Waals surface area contributed by atoms with Crippen LogP contribution in [0.1, 0.15) is 18.2 Å². The van der Waals surface area contributed by atoms with Crippen molar-refractivity contribution in [2.45, 2.75) is 20.3 Å². The average Bonchev–Trinajstić information content (AvgIpc) is 2.27. The first-order valence-corrected chi connectivity index (χ1v) is 5.47. The first kappa shape index (κ1) is 11.3. The molecule has 5 nitrogen and oxygen atoms in total. The van der Waals surface area contributed by atoms with Gasteiger partial charge in [0.15, 0.2) is 5.96 Å². The lowest BCUT2D eigenvalue weighted by molar-refractivity contribution is 1.10. The summed E-state index contributed by atoms with van der Waals surface area (Å²) in [6.07, 6.45) is 0.969. The molecule has 17 heavy (non-hydrogen) atoms. The first-order valence-electron chi connectivity index (χ1n) is 5.47. The van der Waals surface area contributed by atoms with Gasteiger partial charge in [-0.15, -0.1) is 0 Å². The lowest BCUT2D eigenvalue weighted by atomic mass is 10.1. The topological polar surface area (TPSA) is 90.2 Å². The molecule has 5 heteroatoms. The molecule has 0 radical (unpaired) electrons. The second-order valence-electron chi connectivity index (χ2n) is 3.85. The highest BCUT2D eigenvalue weighted by molar-refractivity contribution is 5.83. The molecule has 1 aromatic carbocycles. The van der Waals surface area contributed by atoms with Crippen molar-refractivity contribution >= 4 is 22.8 Å². The fourth-order valence-electron chi connectivity index (χ4n) is 1.70. The molecule has 0 aliphatic rings. The van der Waals surface area contributed by atoms with Crippen LogP contribution in [0.5, 0.6) is 0 Å². The number of aryl methyl sites for hydroxylation is 2. The molecule has 0 aliphatic heterocycles. The molecular formula is C12H15N5. The van der Waals surface area contributed by atoms with E-state index in [2.05, 4.69) is 28.0 Å². The number of hydrogen-bond acceptors (Lipinski definition) is 3. The van der Waals surface area contributed by atoms with E-state index in [1.54, 1.807) is 0 Å². The van der Waals surface area contributed by atoms with Crippen LogP contribution >= 0.6 is 0 Å². The Balaban J connectivity index is 2.65. The lowest BCUT2D eigenvalue weighted by Crippen LogP contribution is -2.22. The van der Waals surface area contributed by atoms with Crippen LogP contribution in [0.3, 0.4) is 0 Å². The van der Waals surface area contributed by atoms with Gasteiger partial charge in [-0.2, -0.15) is 4.99 Å². The van der Waals surface area contributed by atoms with E-state index < -0.39 is 0 Å². The fourth-order valence-corrected chi connectivity index (χ4v) is 1.70. The van der Waals surface area contributed by atoms with Crippen molar-refractivity contribution in [1.29, 1.82) is 0 Å². The van der Waals surface area contributed by atoms with Crippen LogP contribution in [0.2, 0.25) is 0 Å². The quantitative estimate of drug-likeness (QED) is 0.601. The van der Waals surface area contributed by atoms with Crippen LogP contribution in [0, 0.1) is 6.92 Å². The van der Waals surface area contributed by atoms with Gasteiger partial charge in [0, 0.05) is 5.39 Å². The summed E-state index contributed by atoms with van der Waals surface area (Å²) >= 11 is 0. The number of nitrogens with two attached hydrogens (primary N) is 2. The maximum absolute atomic E-state index is 5.32. The van der Waals surface area contributed by atoms with Crippen LogP contribution in [-0.4, -0.2) is 15.9 Å². The lowest BCUT2D eigenvalue weighted by Gasteiger charge is -2.04. The zero-order valence-electron chi connectivity index (χ0n) is 9.94. The van der Waals surface area contributed by atoms with Crippen molar-refractivity contribution in [3.05, 3.63) is 29.5 Å². The molecule has 0 bridgehead atoms. The summed E-state index contributed by atoms with van der Waals surface area (Å²) in [5.74, 6) is 0.277. The average molecular weight is 229 g/mol. The van der Waals surface area contributed by atoms with Crippen molar-refractivity contribution in [3.63, 3.8) is 0 Å². The third-order valence-corrected chi connectivity index (χ3v) is 2.58. The summed E-state index contributed by atoms with van der Waals surface area (Å²) in [6.45, 7) is 4.02. The zero-order valence-corrected chi connectivity index (χ0v) is 9.94. The molecule has 2 aromatic rings. The summed E-state index contributed by atoms with van der Waals surface area (Å²) in [5, 5.41) is 1.02. The van der Waals surface area contributed by atoms with Crippen LogP contribution in [0.4, 0.5) is 5.95 Å². The minimum Gasteiger partial charge on any atom is -0.370 e. The summed E-state index contributed by atoms with van der Waals surface area (Å²) in [5.41, 5.74) is 13.6. The molecule has 0 aliphatic carbocycles. The third-order valence-electron chi connectivity index (χ3n) is 2.58. The molecule has 88 valence electrons. The molecule has 0 atom stereocenters. The van der Waals surface area contributed by atoms with Crippen LogP contribution in [0.25, 0.3) is 10.9 Å². The zero-order chi connectivity index (χ0) is 12.4. The minimum atomic E-state index is -0.0320. The van der Waals surface area contributed by atoms with Gasteiger partial charge in [0.2, 0.25) is 0 Å². The number of aromatic nitrogens is 2. The SMILES string of the molecule is CCc1ccc2c(C)nc(N=C(N)N)nc2c1. The summed E-state index contributed by atoms with van der Waals surface area (Å²) in [7, 11) is 0. The Bertz CT molecular complexity index is 585. The van der Waals surface area contributed by atoms with Crippen LogP contribution in [0.15, 0.2) is 23.2 Å². The number of rotatable bonds is 2. The van der Waals surface area contributed by atoms with Crippen molar-refractivity contribution in [1.82, 2.24) is 9.97 Å². The van der Waals surface area contributed by atoms with Gasteiger partial charge in [0.1, 0.15) is 0 Å². The molecular weight excluding hydrogens is 214 g/mol. The predicted molar refractivity (Wildman–Crippen MR) is 69.1 cm³/mol. The third kappa shape index (κ3) is 2.33. The molecule has 0 saturated heterocycles. The Kier molecular flexibility index (Phi) is 2.91. The standard InChI is InChI=1S/C12H15N5/c1-3-8-4-5-9-7(2)15-12(17-11(13)14)16-10(9)6-8/h4-6H,3H2,1-2H3,(H4,13,14,15,16,17). The van der Waals surface area contributed by atoms with Crippen molar-refractivity contribution in [3.8, 4) is 0 Å². The molecule has 1 aromatic heterocycles. The highest BCUT2D eigenvalue weighted by Crippen LogP contribution is 2.20. The Hall–Kier alpha value is -2.17. The highest BCUT2D eigenvalue weighted by Gasteiger charge is 2.04. The number of benzene rings is 1. The van der Waals surface area contributed by atoms with E-state index in [1.165, 1.54) is 5.56 Å². The molecule has 1 heterocycles. The van der Waals surface area contributed by atoms with Gasteiger partial charge in [-0.05, 0) is 25.0 Å². The highest BCUT2D eigenvalue weighted by atomic mass is 15.1. The van der Waals surface area contributed by atoms with E-state index in [-0.39, 0.29) is 5.96 Å². The van der Waals surface area contributed by atoms with Gasteiger partial charge < -0.3 is 11.5 Å². The molecule has 0 spiro atoms. The van der Waals surface area contributed by atoms with E-state index in [0.717, 1.165) is 23.0 Å². The molecule has 0 saturated carbocycles. The van der Waals surface area contributed by atoms with E-state index in [0.29, 0.717) is 5.95 Å². The first-order chi connectivity index (χ1) is 8.10. The minimum absolute atomic E-state index is 0.0320. The van der Waals surface area contributed by atoms with Crippen LogP contribution in [-0.2, 0) is 6.42 Å². The van der Waals surface area contributed by atoms with Crippen LogP contribution < -0.4 is 11.5 Å². The molecule has 4 N–H and O–H groups in total. The Morgan fingerprint density at radius 2 is 2.06 bits per heavy atom. The monoisotopic (exact) mass is 229 g/mol. The van der Waals surface area contributed by atoms with Crippen molar-refractivity contribution in [2.75, 3.05) is 0 Å². The van der Waals surface area contributed by atoms with E-state index >= 15 is 0 Å². The second-order valence-corrected chi connectivity index (χ2v) is 3.85. The van der Waals surface area contributed by atoms with E-state index in [1.807, 2.05) is 19.1 Å². The molecule has 0 amide bonds. The van der Waals surface area contributed by atoms with Gasteiger partial charge in [0.05, 0.1) is 11.2 Å². The Morgan fingerprint density at radius 3 is 2.71 bits per heavy atom. The second kappa shape index (κ2) is 4.37. The Morgan fingerprint density at radius 1 is 1.29 bits per heavy atom. The fraction of sp³-hybridized carbons (Fsp3) is 0.250. The van der Waals surface area contributed by atoms with Crippen molar-refractivity contribution < 1.29 is 0 Å². The largest absolute Gasteiger partial charge is 0.370 e. The van der Waals surface area contributed by atoms with Gasteiger partial charge in [-0.3, -0.25) is 0 Å². The summed E-state index contributed by atoms with van der Waals surface area (Å²) < 4.78 is 0. The van der Waals surface area contributed by atoms with Gasteiger partial charge >= 0.3 is 0 Å². The van der Waals surface area contributed by atoms with Gasteiger partial charge in [-0.25, -0.2) is 9.97 Å². The number of hydrogen-bond donors (Lipinski definition) is 2. The van der Waals surface area contributed by atoms with Crippen molar-refractivity contribution in [2.24, 2.45) is 16.5 Å². The summed E-state index contributed by atoms with van der Waals surface area (Å²) in [4.78, 5) is 12.4. The molecule has 2 rings (SSSR count). The molecule has 0 unspecified atom stereocenters. The van der Waals surface area contributed by atoms with Gasteiger partial charge in [-0.1, -0.05) is 19.1 Å².